The van der Waals surface area contributed by atoms with E-state index in [9.17, 15) is 0 Å². The molecule has 2 aromatic heterocycles. The Hall–Kier alpha value is -1.56. The average Bonchev–Trinajstić information content (AvgIpc) is 2.82. The normalized spacial score (nSPS) is 10.7. The van der Waals surface area contributed by atoms with Crippen molar-refractivity contribution in [3.05, 3.63) is 24.3 Å². The topological polar surface area (TPSA) is 55.6 Å². The van der Waals surface area contributed by atoms with Crippen LogP contribution in [-0.2, 0) is 13.5 Å². The van der Waals surface area contributed by atoms with Gasteiger partial charge in [0.25, 0.3) is 0 Å². The first-order chi connectivity index (χ1) is 9.24. The maximum atomic E-state index is 4.40. The zero-order valence-corrected chi connectivity index (χ0v) is 12.4. The highest BCUT2D eigenvalue weighted by molar-refractivity contribution is 7.99. The van der Waals surface area contributed by atoms with E-state index < -0.39 is 0 Å². The first kappa shape index (κ1) is 13.9. The van der Waals surface area contributed by atoms with Crippen molar-refractivity contribution in [2.24, 2.45) is 7.05 Å². The van der Waals surface area contributed by atoms with Gasteiger partial charge in [0, 0.05) is 25.4 Å². The Bertz CT molecular complexity index is 538. The zero-order chi connectivity index (χ0) is 13.7. The second kappa shape index (κ2) is 6.56. The summed E-state index contributed by atoms with van der Waals surface area (Å²) in [6, 6.07) is 0. The average molecular weight is 277 g/mol. The summed E-state index contributed by atoms with van der Waals surface area (Å²) in [6.07, 6.45) is 7.46. The van der Waals surface area contributed by atoms with Crippen LogP contribution in [0.25, 0.3) is 0 Å². The monoisotopic (exact) mass is 277 g/mol. The molecule has 0 aliphatic heterocycles. The first-order valence-corrected chi connectivity index (χ1v) is 7.30. The second-order valence-corrected chi connectivity index (χ2v) is 5.30. The van der Waals surface area contributed by atoms with Crippen molar-refractivity contribution >= 4 is 17.6 Å². The molecular weight excluding hydrogens is 258 g/mol. The molecule has 0 aliphatic carbocycles. The summed E-state index contributed by atoms with van der Waals surface area (Å²) >= 11 is 1.63. The van der Waals surface area contributed by atoms with E-state index in [0.717, 1.165) is 35.1 Å². The van der Waals surface area contributed by atoms with Gasteiger partial charge in [-0.25, -0.2) is 9.97 Å². The van der Waals surface area contributed by atoms with Gasteiger partial charge in [0.1, 0.15) is 17.2 Å². The molecule has 0 aliphatic rings. The molecule has 0 saturated carbocycles. The first-order valence-electron chi connectivity index (χ1n) is 6.48. The van der Waals surface area contributed by atoms with Crippen LogP contribution in [0.3, 0.4) is 0 Å². The molecule has 2 heterocycles. The molecule has 1 N–H and O–H groups in total. The Morgan fingerprint density at radius 3 is 2.79 bits per heavy atom. The zero-order valence-electron chi connectivity index (χ0n) is 11.6. The lowest BCUT2D eigenvalue weighted by atomic mass is 10.2. The third-order valence-corrected chi connectivity index (χ3v) is 3.69. The van der Waals surface area contributed by atoms with E-state index in [2.05, 4.69) is 34.2 Å². The molecule has 0 unspecified atom stereocenters. The van der Waals surface area contributed by atoms with E-state index >= 15 is 0 Å². The maximum Gasteiger partial charge on any atom is 0.133 e. The summed E-state index contributed by atoms with van der Waals surface area (Å²) in [7, 11) is 1.92. The Labute approximate surface area is 117 Å². The van der Waals surface area contributed by atoms with Gasteiger partial charge in [-0.05, 0) is 12.8 Å². The van der Waals surface area contributed by atoms with Gasteiger partial charge < -0.3 is 5.32 Å². The quantitative estimate of drug-likeness (QED) is 0.823. The van der Waals surface area contributed by atoms with Crippen LogP contribution < -0.4 is 5.32 Å². The number of nitrogens with one attached hydrogen (secondary N) is 1. The van der Waals surface area contributed by atoms with Crippen LogP contribution in [0, 0.1) is 0 Å². The minimum atomic E-state index is 0.912. The number of anilines is 1. The Kier molecular flexibility index (Phi) is 4.79. The molecule has 6 heteroatoms. The highest BCUT2D eigenvalue weighted by Crippen LogP contribution is 2.31. The lowest BCUT2D eigenvalue weighted by Gasteiger charge is -2.11. The second-order valence-electron chi connectivity index (χ2n) is 4.24. The van der Waals surface area contributed by atoms with Crippen molar-refractivity contribution in [1.82, 2.24) is 19.7 Å². The van der Waals surface area contributed by atoms with Gasteiger partial charge in [-0.15, -0.1) is 0 Å². The minimum absolute atomic E-state index is 0.912. The van der Waals surface area contributed by atoms with Crippen molar-refractivity contribution in [3.8, 4) is 0 Å². The molecule has 0 radical (unpaired) electrons. The Balaban J connectivity index is 2.24. The summed E-state index contributed by atoms with van der Waals surface area (Å²) in [5.74, 6) is 0.950. The van der Waals surface area contributed by atoms with Crippen molar-refractivity contribution in [1.29, 1.82) is 0 Å². The van der Waals surface area contributed by atoms with Crippen LogP contribution in [0.4, 0.5) is 5.82 Å². The van der Waals surface area contributed by atoms with Crippen LogP contribution in [0.2, 0.25) is 0 Å². The largest absolute Gasteiger partial charge is 0.370 e. The van der Waals surface area contributed by atoms with Gasteiger partial charge in [-0.2, -0.15) is 5.10 Å². The van der Waals surface area contributed by atoms with Crippen LogP contribution in [0.15, 0.2) is 28.6 Å². The van der Waals surface area contributed by atoms with E-state index in [1.807, 2.05) is 19.4 Å². The lowest BCUT2D eigenvalue weighted by molar-refractivity contribution is 0.766. The molecule has 0 saturated heterocycles. The fraction of sp³-hybridized carbons (Fsp3) is 0.462. The predicted molar refractivity (Wildman–Crippen MR) is 77.5 cm³/mol. The number of aryl methyl sites for hydroxylation is 1. The molecule has 0 amide bonds. The Morgan fingerprint density at radius 1 is 1.32 bits per heavy atom. The predicted octanol–water partition coefficient (Wildman–Crippen LogP) is 2.75. The van der Waals surface area contributed by atoms with Crippen molar-refractivity contribution in [2.75, 3.05) is 11.9 Å². The van der Waals surface area contributed by atoms with Crippen molar-refractivity contribution in [2.45, 2.75) is 36.6 Å². The minimum Gasteiger partial charge on any atom is -0.370 e. The molecule has 19 heavy (non-hydrogen) atoms. The summed E-state index contributed by atoms with van der Waals surface area (Å²) in [5.41, 5.74) is 1.17. The smallest absolute Gasteiger partial charge is 0.133 e. The highest BCUT2D eigenvalue weighted by Gasteiger charge is 2.11. The molecule has 0 spiro atoms. The SMILES string of the molecule is CCCNc1ncnc(Sc2cnn(C)c2)c1CC. The fourth-order valence-electron chi connectivity index (χ4n) is 1.76. The van der Waals surface area contributed by atoms with E-state index in [1.54, 1.807) is 22.8 Å². The summed E-state index contributed by atoms with van der Waals surface area (Å²) in [4.78, 5) is 9.83. The molecule has 0 fully saturated rings. The molecule has 102 valence electrons. The standard InChI is InChI=1S/C13H19N5S/c1-4-6-14-12-11(5-2)13(16-9-15-12)19-10-7-17-18(3)8-10/h7-9H,4-6H2,1-3H3,(H,14,15,16). The summed E-state index contributed by atoms with van der Waals surface area (Å²) < 4.78 is 1.80. The molecule has 0 aromatic carbocycles. The van der Waals surface area contributed by atoms with Gasteiger partial charge in [-0.1, -0.05) is 25.6 Å². The molecule has 0 bridgehead atoms. The van der Waals surface area contributed by atoms with Gasteiger partial charge in [0.15, 0.2) is 0 Å². The summed E-state index contributed by atoms with van der Waals surface area (Å²) in [5, 5.41) is 8.54. The molecule has 2 rings (SSSR count). The van der Waals surface area contributed by atoms with E-state index in [1.165, 1.54) is 5.56 Å². The number of nitrogens with zero attached hydrogens (tertiary/aromatic N) is 4. The number of rotatable bonds is 6. The summed E-state index contributed by atoms with van der Waals surface area (Å²) in [6.45, 7) is 5.20. The maximum absolute atomic E-state index is 4.40. The van der Waals surface area contributed by atoms with E-state index in [4.69, 9.17) is 0 Å². The van der Waals surface area contributed by atoms with Crippen molar-refractivity contribution in [3.63, 3.8) is 0 Å². The van der Waals surface area contributed by atoms with Gasteiger partial charge >= 0.3 is 0 Å². The Morgan fingerprint density at radius 2 is 2.16 bits per heavy atom. The van der Waals surface area contributed by atoms with Crippen LogP contribution in [0.5, 0.6) is 0 Å². The number of hydrogen-bond acceptors (Lipinski definition) is 5. The highest BCUT2D eigenvalue weighted by atomic mass is 32.2. The van der Waals surface area contributed by atoms with Crippen LogP contribution >= 0.6 is 11.8 Å². The van der Waals surface area contributed by atoms with Gasteiger partial charge in [0.2, 0.25) is 0 Å². The third-order valence-electron chi connectivity index (χ3n) is 2.70. The molecular formula is C13H19N5S. The van der Waals surface area contributed by atoms with Crippen LogP contribution in [0.1, 0.15) is 25.8 Å². The van der Waals surface area contributed by atoms with Crippen LogP contribution in [-0.4, -0.2) is 26.3 Å². The van der Waals surface area contributed by atoms with Gasteiger partial charge in [-0.3, -0.25) is 4.68 Å². The van der Waals surface area contributed by atoms with E-state index in [0.29, 0.717) is 0 Å². The van der Waals surface area contributed by atoms with Gasteiger partial charge in [0.05, 0.1) is 11.1 Å². The fourth-order valence-corrected chi connectivity index (χ4v) is 2.75. The molecule has 5 nitrogen and oxygen atoms in total. The number of hydrogen-bond donors (Lipinski definition) is 1. The molecule has 0 atom stereocenters. The van der Waals surface area contributed by atoms with E-state index in [-0.39, 0.29) is 0 Å². The lowest BCUT2D eigenvalue weighted by Crippen LogP contribution is -2.06. The molecule has 2 aromatic rings. The third kappa shape index (κ3) is 3.47. The van der Waals surface area contributed by atoms with Crippen molar-refractivity contribution < 1.29 is 0 Å². The number of aromatic nitrogens is 4.